The number of benzene rings is 2. The van der Waals surface area contributed by atoms with Gasteiger partial charge in [-0.25, -0.2) is 8.42 Å². The standard InChI is InChI=1S/C24H30N2O6S2/c1-4-32-20-7-5-19(6-8-20)26(34(29,30)22-11-9-21(33-3)10-12-22)17-23(27)25-15-13-18(14-16-25)24(28)31-2/h5-12,18H,4,13-17H2,1-3H3. The summed E-state index contributed by atoms with van der Waals surface area (Å²) in [6.07, 6.45) is 2.90. The summed E-state index contributed by atoms with van der Waals surface area (Å²) in [5.41, 5.74) is 0.371. The summed E-state index contributed by atoms with van der Waals surface area (Å²) in [7, 11) is -2.65. The molecule has 1 fully saturated rings. The fourth-order valence-corrected chi connectivity index (χ4v) is 5.64. The number of methoxy groups -OCH3 is 1. The molecule has 1 saturated heterocycles. The zero-order valence-corrected chi connectivity index (χ0v) is 21.2. The van der Waals surface area contributed by atoms with Crippen LogP contribution in [0.4, 0.5) is 5.69 Å². The fourth-order valence-electron chi connectivity index (χ4n) is 3.82. The van der Waals surface area contributed by atoms with Crippen LogP contribution in [-0.2, 0) is 24.3 Å². The molecule has 1 heterocycles. The zero-order valence-electron chi connectivity index (χ0n) is 19.6. The van der Waals surface area contributed by atoms with Gasteiger partial charge in [0.1, 0.15) is 12.3 Å². The van der Waals surface area contributed by atoms with Gasteiger partial charge >= 0.3 is 5.97 Å². The van der Waals surface area contributed by atoms with Crippen LogP contribution < -0.4 is 9.04 Å². The second kappa shape index (κ2) is 11.6. The Morgan fingerprint density at radius 2 is 1.68 bits per heavy atom. The summed E-state index contributed by atoms with van der Waals surface area (Å²) in [6.45, 7) is 2.76. The molecule has 1 amide bonds. The highest BCUT2D eigenvalue weighted by Crippen LogP contribution is 2.28. The quantitative estimate of drug-likeness (QED) is 0.380. The Kier molecular flexibility index (Phi) is 8.84. The summed E-state index contributed by atoms with van der Waals surface area (Å²) in [4.78, 5) is 27.6. The predicted octanol–water partition coefficient (Wildman–Crippen LogP) is 3.41. The highest BCUT2D eigenvalue weighted by molar-refractivity contribution is 7.98. The van der Waals surface area contributed by atoms with Crippen molar-refractivity contribution in [2.45, 2.75) is 29.6 Å². The van der Waals surface area contributed by atoms with E-state index >= 15 is 0 Å². The van der Waals surface area contributed by atoms with Crippen LogP contribution in [0.5, 0.6) is 5.75 Å². The van der Waals surface area contributed by atoms with Crippen molar-refractivity contribution in [1.29, 1.82) is 0 Å². The number of hydrogen-bond acceptors (Lipinski definition) is 7. The van der Waals surface area contributed by atoms with Gasteiger partial charge in [0.05, 0.1) is 30.2 Å². The predicted molar refractivity (Wildman–Crippen MR) is 132 cm³/mol. The Bertz CT molecular complexity index is 1080. The van der Waals surface area contributed by atoms with Gasteiger partial charge in [0.2, 0.25) is 5.91 Å². The van der Waals surface area contributed by atoms with Crippen molar-refractivity contribution in [2.24, 2.45) is 5.92 Å². The Labute approximate surface area is 205 Å². The Morgan fingerprint density at radius 1 is 1.06 bits per heavy atom. The largest absolute Gasteiger partial charge is 0.494 e. The van der Waals surface area contributed by atoms with Gasteiger partial charge < -0.3 is 14.4 Å². The van der Waals surface area contributed by atoms with Gasteiger partial charge in [-0.3, -0.25) is 13.9 Å². The number of thioether (sulfide) groups is 1. The maximum atomic E-state index is 13.6. The molecule has 0 atom stereocenters. The van der Waals surface area contributed by atoms with E-state index in [2.05, 4.69) is 0 Å². The smallest absolute Gasteiger partial charge is 0.308 e. The maximum Gasteiger partial charge on any atom is 0.308 e. The van der Waals surface area contributed by atoms with Crippen LogP contribution in [0.3, 0.4) is 0 Å². The van der Waals surface area contributed by atoms with Crippen molar-refractivity contribution in [1.82, 2.24) is 4.90 Å². The Hall–Kier alpha value is -2.72. The summed E-state index contributed by atoms with van der Waals surface area (Å²) >= 11 is 1.52. The zero-order chi connectivity index (χ0) is 24.7. The third kappa shape index (κ3) is 6.04. The van der Waals surface area contributed by atoms with Gasteiger partial charge in [-0.15, -0.1) is 11.8 Å². The second-order valence-electron chi connectivity index (χ2n) is 7.79. The molecule has 184 valence electrons. The summed E-state index contributed by atoms with van der Waals surface area (Å²) in [5, 5.41) is 0. The molecule has 34 heavy (non-hydrogen) atoms. The molecule has 10 heteroatoms. The maximum absolute atomic E-state index is 13.6. The minimum atomic E-state index is -4.00. The van der Waals surface area contributed by atoms with E-state index in [0.29, 0.717) is 44.0 Å². The lowest BCUT2D eigenvalue weighted by molar-refractivity contribution is -0.148. The van der Waals surface area contributed by atoms with Crippen molar-refractivity contribution in [3.63, 3.8) is 0 Å². The number of nitrogens with zero attached hydrogens (tertiary/aromatic N) is 2. The monoisotopic (exact) mass is 506 g/mol. The lowest BCUT2D eigenvalue weighted by Gasteiger charge is -2.33. The van der Waals surface area contributed by atoms with Crippen molar-refractivity contribution in [2.75, 3.05) is 43.9 Å². The molecule has 8 nitrogen and oxygen atoms in total. The van der Waals surface area contributed by atoms with E-state index in [1.807, 2.05) is 13.2 Å². The molecule has 0 unspecified atom stereocenters. The molecule has 0 N–H and O–H groups in total. The average Bonchev–Trinajstić information content (AvgIpc) is 2.87. The fraction of sp³-hybridized carbons (Fsp3) is 0.417. The summed E-state index contributed by atoms with van der Waals surface area (Å²) in [5.74, 6) is -0.222. The number of ether oxygens (including phenoxy) is 2. The van der Waals surface area contributed by atoms with Gasteiger partial charge in [-0.1, -0.05) is 0 Å². The molecular weight excluding hydrogens is 476 g/mol. The number of piperidine rings is 1. The number of carbonyl (C=O) groups is 2. The molecule has 0 aromatic heterocycles. The van der Waals surface area contributed by atoms with Crippen LogP contribution in [0.1, 0.15) is 19.8 Å². The number of rotatable bonds is 9. The number of hydrogen-bond donors (Lipinski definition) is 0. The molecule has 3 rings (SSSR count). The van der Waals surface area contributed by atoms with E-state index in [4.69, 9.17) is 9.47 Å². The SMILES string of the molecule is CCOc1ccc(N(CC(=O)N2CCC(C(=O)OC)CC2)S(=O)(=O)c2ccc(SC)cc2)cc1. The van der Waals surface area contributed by atoms with Gasteiger partial charge in [0, 0.05) is 18.0 Å². The number of likely N-dealkylation sites (tertiary alicyclic amines) is 1. The minimum Gasteiger partial charge on any atom is -0.494 e. The first-order chi connectivity index (χ1) is 16.3. The summed E-state index contributed by atoms with van der Waals surface area (Å²) in [6, 6.07) is 13.2. The first kappa shape index (κ1) is 25.9. The van der Waals surface area contributed by atoms with Crippen molar-refractivity contribution in [3.05, 3.63) is 48.5 Å². The molecule has 0 saturated carbocycles. The molecular formula is C24H30N2O6S2. The molecule has 0 spiro atoms. The van der Waals surface area contributed by atoms with E-state index in [0.717, 1.165) is 9.20 Å². The molecule has 2 aromatic rings. The lowest BCUT2D eigenvalue weighted by Crippen LogP contribution is -2.46. The Morgan fingerprint density at radius 3 is 2.21 bits per heavy atom. The van der Waals surface area contributed by atoms with Crippen molar-refractivity contribution >= 4 is 39.3 Å². The minimum absolute atomic E-state index is 0.108. The normalized spacial score (nSPS) is 14.5. The van der Waals surface area contributed by atoms with E-state index in [9.17, 15) is 18.0 Å². The first-order valence-electron chi connectivity index (χ1n) is 11.1. The number of esters is 1. The van der Waals surface area contributed by atoms with Crippen LogP contribution in [0, 0.1) is 5.92 Å². The molecule has 2 aromatic carbocycles. The third-order valence-electron chi connectivity index (χ3n) is 5.74. The van der Waals surface area contributed by atoms with Crippen molar-refractivity contribution in [3.8, 4) is 5.75 Å². The third-order valence-corrected chi connectivity index (χ3v) is 8.28. The topological polar surface area (TPSA) is 93.2 Å². The molecule has 0 aliphatic carbocycles. The molecule has 1 aliphatic rings. The average molecular weight is 507 g/mol. The van der Waals surface area contributed by atoms with Crippen molar-refractivity contribution < 1.29 is 27.5 Å². The highest BCUT2D eigenvalue weighted by Gasteiger charge is 2.32. The number of carbonyl (C=O) groups excluding carboxylic acids is 2. The van der Waals surface area contributed by atoms with E-state index < -0.39 is 10.0 Å². The number of amides is 1. The second-order valence-corrected chi connectivity index (χ2v) is 10.5. The van der Waals surface area contributed by atoms with Crippen LogP contribution in [0.25, 0.3) is 0 Å². The molecule has 0 bridgehead atoms. The van der Waals surface area contributed by atoms with E-state index in [1.54, 1.807) is 53.4 Å². The summed E-state index contributed by atoms with van der Waals surface area (Å²) < 4.78 is 38.6. The van der Waals surface area contributed by atoms with Gasteiger partial charge in [0.15, 0.2) is 0 Å². The van der Waals surface area contributed by atoms with Crippen LogP contribution >= 0.6 is 11.8 Å². The molecule has 0 radical (unpaired) electrons. The molecule has 1 aliphatic heterocycles. The lowest BCUT2D eigenvalue weighted by atomic mass is 9.97. The van der Waals surface area contributed by atoms with E-state index in [1.165, 1.54) is 18.9 Å². The number of sulfonamides is 1. The first-order valence-corrected chi connectivity index (χ1v) is 13.7. The van der Waals surface area contributed by atoms with Gasteiger partial charge in [-0.2, -0.15) is 0 Å². The van der Waals surface area contributed by atoms with Crippen LogP contribution in [0.15, 0.2) is 58.3 Å². The van der Waals surface area contributed by atoms with E-state index in [-0.39, 0.29) is 29.2 Å². The van der Waals surface area contributed by atoms with Crippen LogP contribution in [-0.4, -0.2) is 64.8 Å². The van der Waals surface area contributed by atoms with Crippen LogP contribution in [0.2, 0.25) is 0 Å². The van der Waals surface area contributed by atoms with Gasteiger partial charge in [-0.05, 0) is 74.6 Å². The Balaban J connectivity index is 1.86. The highest BCUT2D eigenvalue weighted by atomic mass is 32.2. The van der Waals surface area contributed by atoms with Gasteiger partial charge in [0.25, 0.3) is 10.0 Å². The number of anilines is 1.